The first-order chi connectivity index (χ1) is 14.6. The normalized spacial score (nSPS) is 21.2. The molecule has 2 fully saturated rings. The van der Waals surface area contributed by atoms with E-state index in [4.69, 9.17) is 0 Å². The van der Waals surface area contributed by atoms with Gasteiger partial charge in [-0.25, -0.2) is 4.98 Å². The topological polar surface area (TPSA) is 98.2 Å². The summed E-state index contributed by atoms with van der Waals surface area (Å²) in [4.78, 5) is 26.8. The molecule has 1 unspecified atom stereocenters. The van der Waals surface area contributed by atoms with Gasteiger partial charge in [0.15, 0.2) is 0 Å². The molecule has 0 bridgehead atoms. The maximum Gasteiger partial charge on any atom is 0.257 e. The Bertz CT molecular complexity index is 998. The van der Waals surface area contributed by atoms with Gasteiger partial charge in [0.25, 0.3) is 5.91 Å². The number of rotatable bonds is 3. The lowest BCUT2D eigenvalue weighted by atomic mass is 9.71. The molecule has 1 spiro atoms. The lowest BCUT2D eigenvalue weighted by Crippen LogP contribution is -2.54. The number of piperidine rings is 2. The number of hydrogen-bond donors (Lipinski definition) is 2. The number of hydrogen-bond acceptors (Lipinski definition) is 7. The fourth-order valence-electron chi connectivity index (χ4n) is 4.76. The van der Waals surface area contributed by atoms with Crippen LogP contribution in [0.4, 0.5) is 5.82 Å². The maximum absolute atomic E-state index is 13.2. The SMILES string of the molecule is O=C(c1cn[nH]c1-c1cccs1)N1CCC2(CC1)CC(O)CN(c1cnccn1)C2. The fraction of sp³-hybridized carbons (Fsp3) is 0.429. The third-order valence-electron chi connectivity index (χ3n) is 6.25. The molecule has 3 aromatic heterocycles. The van der Waals surface area contributed by atoms with E-state index in [2.05, 4.69) is 25.1 Å². The Morgan fingerprint density at radius 2 is 2.13 bits per heavy atom. The van der Waals surface area contributed by atoms with Crippen LogP contribution in [-0.2, 0) is 0 Å². The molecular formula is C21H24N6O2S. The summed E-state index contributed by atoms with van der Waals surface area (Å²) >= 11 is 1.59. The number of carbonyl (C=O) groups excluding carboxylic acids is 1. The molecule has 0 saturated carbocycles. The van der Waals surface area contributed by atoms with E-state index in [0.29, 0.717) is 25.2 Å². The highest BCUT2D eigenvalue weighted by atomic mass is 32.1. The molecule has 5 rings (SSSR count). The van der Waals surface area contributed by atoms with Crippen LogP contribution in [0.5, 0.6) is 0 Å². The van der Waals surface area contributed by atoms with Gasteiger partial charge in [0.2, 0.25) is 0 Å². The molecule has 1 amide bonds. The van der Waals surface area contributed by atoms with E-state index in [1.807, 2.05) is 22.4 Å². The second-order valence-corrected chi connectivity index (χ2v) is 9.18. The minimum Gasteiger partial charge on any atom is -0.391 e. The van der Waals surface area contributed by atoms with Crippen molar-refractivity contribution in [3.05, 3.63) is 47.9 Å². The van der Waals surface area contributed by atoms with Crippen molar-refractivity contribution in [2.75, 3.05) is 31.1 Å². The zero-order valence-corrected chi connectivity index (χ0v) is 17.4. The Morgan fingerprint density at radius 1 is 1.27 bits per heavy atom. The number of likely N-dealkylation sites (tertiary alicyclic amines) is 1. The number of thiophene rings is 1. The van der Waals surface area contributed by atoms with E-state index in [1.165, 1.54) is 0 Å². The standard InChI is InChI=1S/C21H24N6O2S/c28-15-10-21(14-27(13-15)18-12-22-5-6-23-18)3-7-26(8-4-21)20(29)16-11-24-25-19(16)17-2-1-9-30-17/h1-2,5-6,9,11-12,15,28H,3-4,7-8,10,13-14H2,(H,24,25). The number of anilines is 1. The van der Waals surface area contributed by atoms with Crippen molar-refractivity contribution in [2.24, 2.45) is 5.41 Å². The Hall–Kier alpha value is -2.78. The van der Waals surface area contributed by atoms with Crippen molar-refractivity contribution >= 4 is 23.1 Å². The first kappa shape index (κ1) is 19.2. The molecule has 2 aliphatic rings. The summed E-state index contributed by atoms with van der Waals surface area (Å²) < 4.78 is 0. The molecular weight excluding hydrogens is 400 g/mol. The van der Waals surface area contributed by atoms with Crippen molar-refractivity contribution in [3.63, 3.8) is 0 Å². The first-order valence-electron chi connectivity index (χ1n) is 10.2. The van der Waals surface area contributed by atoms with Crippen LogP contribution in [0, 0.1) is 5.41 Å². The summed E-state index contributed by atoms with van der Waals surface area (Å²) in [5.41, 5.74) is 1.40. The largest absolute Gasteiger partial charge is 0.391 e. The lowest BCUT2D eigenvalue weighted by molar-refractivity contribution is 0.0247. The van der Waals surface area contributed by atoms with Gasteiger partial charge in [-0.2, -0.15) is 5.10 Å². The number of aliphatic hydroxyl groups excluding tert-OH is 1. The third-order valence-corrected chi connectivity index (χ3v) is 7.14. The molecule has 5 heterocycles. The highest BCUT2D eigenvalue weighted by Gasteiger charge is 2.43. The number of amides is 1. The maximum atomic E-state index is 13.2. The molecule has 0 aromatic carbocycles. The van der Waals surface area contributed by atoms with E-state index in [0.717, 1.165) is 42.2 Å². The van der Waals surface area contributed by atoms with Gasteiger partial charge >= 0.3 is 0 Å². The minimum absolute atomic E-state index is 0.0149. The van der Waals surface area contributed by atoms with Crippen molar-refractivity contribution in [3.8, 4) is 10.6 Å². The summed E-state index contributed by atoms with van der Waals surface area (Å²) in [5, 5.41) is 19.6. The summed E-state index contributed by atoms with van der Waals surface area (Å²) in [6, 6.07) is 3.96. The number of carbonyl (C=O) groups is 1. The number of nitrogens with zero attached hydrogens (tertiary/aromatic N) is 5. The molecule has 8 nitrogen and oxygen atoms in total. The zero-order chi connectivity index (χ0) is 20.6. The van der Waals surface area contributed by atoms with Crippen molar-refractivity contribution < 1.29 is 9.90 Å². The molecule has 3 aromatic rings. The third kappa shape index (κ3) is 3.59. The summed E-state index contributed by atoms with van der Waals surface area (Å²) in [6.07, 6.45) is 8.79. The smallest absolute Gasteiger partial charge is 0.257 e. The van der Waals surface area contributed by atoms with Gasteiger partial charge in [-0.15, -0.1) is 11.3 Å². The number of aliphatic hydroxyl groups is 1. The second-order valence-electron chi connectivity index (χ2n) is 8.23. The minimum atomic E-state index is -0.401. The highest BCUT2D eigenvalue weighted by Crippen LogP contribution is 2.41. The number of aromatic nitrogens is 4. The van der Waals surface area contributed by atoms with E-state index in [1.54, 1.807) is 36.1 Å². The highest BCUT2D eigenvalue weighted by molar-refractivity contribution is 7.13. The molecule has 1 atom stereocenters. The van der Waals surface area contributed by atoms with Crippen LogP contribution in [0.15, 0.2) is 42.3 Å². The van der Waals surface area contributed by atoms with Crippen molar-refractivity contribution in [1.82, 2.24) is 25.1 Å². The Labute approximate surface area is 178 Å². The average molecular weight is 425 g/mol. The van der Waals surface area contributed by atoms with Gasteiger partial charge < -0.3 is 14.9 Å². The number of nitrogens with one attached hydrogen (secondary N) is 1. The molecule has 0 radical (unpaired) electrons. The van der Waals surface area contributed by atoms with Gasteiger partial charge in [0.05, 0.1) is 34.6 Å². The van der Waals surface area contributed by atoms with E-state index >= 15 is 0 Å². The van der Waals surface area contributed by atoms with Crippen LogP contribution in [0.3, 0.4) is 0 Å². The molecule has 30 heavy (non-hydrogen) atoms. The van der Waals surface area contributed by atoms with Gasteiger partial charge in [0.1, 0.15) is 5.82 Å². The summed E-state index contributed by atoms with van der Waals surface area (Å²) in [7, 11) is 0. The quantitative estimate of drug-likeness (QED) is 0.670. The van der Waals surface area contributed by atoms with Crippen LogP contribution in [0.1, 0.15) is 29.6 Å². The number of β-amino-alcohol motifs (C(OH)–C–C–N with tert-alkyl or cyclic N) is 1. The molecule has 9 heteroatoms. The molecule has 156 valence electrons. The van der Waals surface area contributed by atoms with E-state index in [-0.39, 0.29) is 11.3 Å². The Balaban J connectivity index is 1.29. The average Bonchev–Trinajstić information content (AvgIpc) is 3.46. The van der Waals surface area contributed by atoms with Gasteiger partial charge in [-0.05, 0) is 36.1 Å². The van der Waals surface area contributed by atoms with E-state index in [9.17, 15) is 9.90 Å². The molecule has 2 N–H and O–H groups in total. The van der Waals surface area contributed by atoms with Gasteiger partial charge in [-0.3, -0.25) is 14.9 Å². The predicted octanol–water partition coefficient (Wildman–Crippen LogP) is 2.42. The second kappa shape index (κ2) is 7.81. The van der Waals surface area contributed by atoms with Crippen LogP contribution in [0.25, 0.3) is 10.6 Å². The lowest BCUT2D eigenvalue weighted by Gasteiger charge is -2.49. The molecule has 2 aliphatic heterocycles. The van der Waals surface area contributed by atoms with E-state index < -0.39 is 6.10 Å². The van der Waals surface area contributed by atoms with Crippen molar-refractivity contribution in [2.45, 2.75) is 25.4 Å². The van der Waals surface area contributed by atoms with Crippen LogP contribution >= 0.6 is 11.3 Å². The van der Waals surface area contributed by atoms with Crippen molar-refractivity contribution in [1.29, 1.82) is 0 Å². The predicted molar refractivity (Wildman–Crippen MR) is 114 cm³/mol. The van der Waals surface area contributed by atoms with Gasteiger partial charge in [0, 0.05) is 38.6 Å². The molecule has 0 aliphatic carbocycles. The van der Waals surface area contributed by atoms with Crippen LogP contribution < -0.4 is 4.90 Å². The van der Waals surface area contributed by atoms with Gasteiger partial charge in [-0.1, -0.05) is 6.07 Å². The number of H-pyrrole nitrogens is 1. The van der Waals surface area contributed by atoms with Crippen LogP contribution in [0.2, 0.25) is 0 Å². The number of aromatic amines is 1. The zero-order valence-electron chi connectivity index (χ0n) is 16.6. The van der Waals surface area contributed by atoms with Crippen LogP contribution in [-0.4, -0.2) is 68.4 Å². The monoisotopic (exact) mass is 424 g/mol. The summed E-state index contributed by atoms with van der Waals surface area (Å²) in [6.45, 7) is 2.75. The Morgan fingerprint density at radius 3 is 2.87 bits per heavy atom. The summed E-state index contributed by atoms with van der Waals surface area (Å²) in [5.74, 6) is 0.817. The Kier molecular flexibility index (Phi) is 5.00. The fourth-order valence-corrected chi connectivity index (χ4v) is 5.49. The first-order valence-corrected chi connectivity index (χ1v) is 11.1. The molecule has 2 saturated heterocycles.